The van der Waals surface area contributed by atoms with Crippen molar-refractivity contribution in [2.75, 3.05) is 13.2 Å². The molecule has 1 heterocycles. The highest BCUT2D eigenvalue weighted by Gasteiger charge is 2.17. The Labute approximate surface area is 128 Å². The van der Waals surface area contributed by atoms with Crippen LogP contribution in [0, 0.1) is 5.92 Å². The van der Waals surface area contributed by atoms with Crippen LogP contribution in [0.3, 0.4) is 0 Å². The zero-order valence-electron chi connectivity index (χ0n) is 11.9. The number of hydrazine groups is 1. The fraction of sp³-hybridized carbons (Fsp3) is 0.500. The molecule has 0 atom stereocenters. The fourth-order valence-corrected chi connectivity index (χ4v) is 2.63. The Morgan fingerprint density at radius 2 is 2.30 bits per heavy atom. The second-order valence-corrected chi connectivity index (χ2v) is 6.15. The Hall–Kier alpha value is -1.27. The summed E-state index contributed by atoms with van der Waals surface area (Å²) >= 11 is 3.53. The number of hydrogen-bond donors (Lipinski definition) is 3. The van der Waals surface area contributed by atoms with Gasteiger partial charge < -0.3 is 10.1 Å². The lowest BCUT2D eigenvalue weighted by Gasteiger charge is -2.12. The van der Waals surface area contributed by atoms with E-state index in [4.69, 9.17) is 10.6 Å². The number of nitrogens with two attached hydrogens (primary N) is 1. The maximum atomic E-state index is 5.69. The van der Waals surface area contributed by atoms with Crippen LogP contribution in [-0.2, 0) is 13.0 Å². The summed E-state index contributed by atoms with van der Waals surface area (Å²) in [5.41, 5.74) is 4.91. The Bertz CT molecular complexity index is 502. The molecule has 20 heavy (non-hydrogen) atoms. The molecule has 5 nitrogen and oxygen atoms in total. The number of halogens is 1. The summed E-state index contributed by atoms with van der Waals surface area (Å²) in [7, 11) is 0. The quantitative estimate of drug-likeness (QED) is 0.339. The van der Waals surface area contributed by atoms with Crippen LogP contribution in [0.1, 0.15) is 25.0 Å². The molecule has 6 heteroatoms. The highest BCUT2D eigenvalue weighted by Crippen LogP contribution is 2.33. The third-order valence-corrected chi connectivity index (χ3v) is 3.51. The number of aliphatic imine (C=N–C) groups is 1. The zero-order chi connectivity index (χ0) is 14.5. The number of ether oxygens (including phenoxy) is 1. The number of nitrogens with zero attached hydrogens (tertiary/aromatic N) is 1. The van der Waals surface area contributed by atoms with E-state index >= 15 is 0 Å². The van der Waals surface area contributed by atoms with Gasteiger partial charge in [-0.15, -0.1) is 0 Å². The maximum Gasteiger partial charge on any atom is 0.206 e. The summed E-state index contributed by atoms with van der Waals surface area (Å²) < 4.78 is 6.75. The van der Waals surface area contributed by atoms with Gasteiger partial charge in [0.05, 0.1) is 13.2 Å². The van der Waals surface area contributed by atoms with Crippen molar-refractivity contribution < 1.29 is 4.74 Å². The molecule has 0 spiro atoms. The van der Waals surface area contributed by atoms with E-state index in [0.29, 0.717) is 18.4 Å². The molecule has 2 rings (SSSR count). The van der Waals surface area contributed by atoms with Crippen molar-refractivity contribution in [3.05, 3.63) is 27.7 Å². The van der Waals surface area contributed by atoms with Gasteiger partial charge in [-0.2, -0.15) is 0 Å². The van der Waals surface area contributed by atoms with Gasteiger partial charge in [0, 0.05) is 23.0 Å². The molecule has 1 aliphatic heterocycles. The molecular formula is C14H21BrN4O. The van der Waals surface area contributed by atoms with Crippen molar-refractivity contribution in [1.29, 1.82) is 0 Å². The van der Waals surface area contributed by atoms with Crippen LogP contribution in [-0.4, -0.2) is 19.1 Å². The van der Waals surface area contributed by atoms with Gasteiger partial charge in [-0.3, -0.25) is 5.43 Å². The van der Waals surface area contributed by atoms with E-state index in [1.54, 1.807) is 0 Å². The van der Waals surface area contributed by atoms with E-state index in [2.05, 4.69) is 51.6 Å². The van der Waals surface area contributed by atoms with Crippen LogP contribution in [0.4, 0.5) is 0 Å². The molecule has 0 bridgehead atoms. The van der Waals surface area contributed by atoms with E-state index in [1.807, 2.05) is 6.07 Å². The maximum absolute atomic E-state index is 5.69. The minimum atomic E-state index is 0.534. The highest BCUT2D eigenvalue weighted by molar-refractivity contribution is 9.10. The molecule has 0 aliphatic carbocycles. The lowest BCUT2D eigenvalue weighted by atomic mass is 10.1. The standard InChI is InChI=1S/C14H21BrN4O/c1-9(2)7-17-14(19-16)18-8-11-6-12(15)5-10-3-4-20-13(10)11/h5-6,9H,3-4,7-8,16H2,1-2H3,(H2,17,18,19). The van der Waals surface area contributed by atoms with Gasteiger partial charge in [-0.1, -0.05) is 29.8 Å². The SMILES string of the molecule is CC(C)CNC(=NCc1cc(Br)cc2c1OCC2)NN. The highest BCUT2D eigenvalue weighted by atomic mass is 79.9. The predicted molar refractivity (Wildman–Crippen MR) is 84.6 cm³/mol. The monoisotopic (exact) mass is 340 g/mol. The van der Waals surface area contributed by atoms with E-state index < -0.39 is 0 Å². The smallest absolute Gasteiger partial charge is 0.206 e. The first-order chi connectivity index (χ1) is 9.60. The van der Waals surface area contributed by atoms with E-state index in [1.165, 1.54) is 5.56 Å². The summed E-state index contributed by atoms with van der Waals surface area (Å²) in [4.78, 5) is 4.47. The summed E-state index contributed by atoms with van der Waals surface area (Å²) in [6, 6.07) is 4.15. The largest absolute Gasteiger partial charge is 0.493 e. The van der Waals surface area contributed by atoms with Crippen molar-refractivity contribution in [3.8, 4) is 5.75 Å². The lowest BCUT2D eigenvalue weighted by molar-refractivity contribution is 0.353. The van der Waals surface area contributed by atoms with Crippen LogP contribution in [0.2, 0.25) is 0 Å². The fourth-order valence-electron chi connectivity index (χ4n) is 2.08. The molecule has 0 unspecified atom stereocenters. The number of benzene rings is 1. The third kappa shape index (κ3) is 3.86. The average molecular weight is 341 g/mol. The number of guanidine groups is 1. The van der Waals surface area contributed by atoms with Gasteiger partial charge in [-0.05, 0) is 23.6 Å². The summed E-state index contributed by atoms with van der Waals surface area (Å²) in [5, 5.41) is 3.18. The van der Waals surface area contributed by atoms with Crippen LogP contribution >= 0.6 is 15.9 Å². The van der Waals surface area contributed by atoms with Crippen molar-refractivity contribution in [2.45, 2.75) is 26.8 Å². The van der Waals surface area contributed by atoms with Crippen molar-refractivity contribution in [2.24, 2.45) is 16.8 Å². The van der Waals surface area contributed by atoms with Gasteiger partial charge in [0.15, 0.2) is 0 Å². The van der Waals surface area contributed by atoms with Crippen LogP contribution in [0.5, 0.6) is 5.75 Å². The van der Waals surface area contributed by atoms with E-state index in [9.17, 15) is 0 Å². The van der Waals surface area contributed by atoms with Gasteiger partial charge in [0.25, 0.3) is 0 Å². The van der Waals surface area contributed by atoms with E-state index in [0.717, 1.165) is 35.4 Å². The van der Waals surface area contributed by atoms with Crippen LogP contribution < -0.4 is 21.3 Å². The molecule has 0 amide bonds. The number of hydrogen-bond acceptors (Lipinski definition) is 3. The van der Waals surface area contributed by atoms with Crippen LogP contribution in [0.25, 0.3) is 0 Å². The average Bonchev–Trinajstić information content (AvgIpc) is 2.86. The molecule has 110 valence electrons. The van der Waals surface area contributed by atoms with Gasteiger partial charge in [-0.25, -0.2) is 10.8 Å². The Morgan fingerprint density at radius 3 is 3.00 bits per heavy atom. The molecular weight excluding hydrogens is 320 g/mol. The van der Waals surface area contributed by atoms with Crippen molar-refractivity contribution in [3.63, 3.8) is 0 Å². The Morgan fingerprint density at radius 1 is 1.50 bits per heavy atom. The van der Waals surface area contributed by atoms with Gasteiger partial charge >= 0.3 is 0 Å². The first kappa shape index (κ1) is 15.1. The molecule has 0 aromatic heterocycles. The number of fused-ring (bicyclic) bond motifs is 1. The first-order valence-corrected chi connectivity index (χ1v) is 7.58. The summed E-state index contributed by atoms with van der Waals surface area (Å²) in [5.74, 6) is 7.59. The molecule has 0 radical (unpaired) electrons. The normalized spacial score (nSPS) is 14.2. The Balaban J connectivity index is 2.09. The lowest BCUT2D eigenvalue weighted by Crippen LogP contribution is -2.42. The summed E-state index contributed by atoms with van der Waals surface area (Å²) in [6.07, 6.45) is 0.957. The second kappa shape index (κ2) is 6.95. The van der Waals surface area contributed by atoms with Crippen molar-refractivity contribution in [1.82, 2.24) is 10.7 Å². The molecule has 0 saturated heterocycles. The Kier molecular flexibility index (Phi) is 5.25. The molecule has 1 aromatic rings. The van der Waals surface area contributed by atoms with E-state index in [-0.39, 0.29) is 0 Å². The molecule has 4 N–H and O–H groups in total. The third-order valence-electron chi connectivity index (χ3n) is 3.05. The molecule has 0 fully saturated rings. The van der Waals surface area contributed by atoms with Gasteiger partial charge in [0.2, 0.25) is 5.96 Å². The zero-order valence-corrected chi connectivity index (χ0v) is 13.5. The topological polar surface area (TPSA) is 71.7 Å². The minimum absolute atomic E-state index is 0.534. The molecule has 1 aromatic carbocycles. The number of rotatable bonds is 4. The predicted octanol–water partition coefficient (Wildman–Crippen LogP) is 1.95. The molecule has 0 saturated carbocycles. The first-order valence-electron chi connectivity index (χ1n) is 6.79. The second-order valence-electron chi connectivity index (χ2n) is 5.24. The minimum Gasteiger partial charge on any atom is -0.493 e. The van der Waals surface area contributed by atoms with Gasteiger partial charge in [0.1, 0.15) is 5.75 Å². The molecule has 1 aliphatic rings. The number of nitrogens with one attached hydrogen (secondary N) is 2. The van der Waals surface area contributed by atoms with Crippen LogP contribution in [0.15, 0.2) is 21.6 Å². The van der Waals surface area contributed by atoms with Crippen molar-refractivity contribution >= 4 is 21.9 Å². The summed E-state index contributed by atoms with van der Waals surface area (Å²) in [6.45, 7) is 6.38.